The van der Waals surface area contributed by atoms with Crippen molar-refractivity contribution in [2.45, 2.75) is 89.2 Å². The smallest absolute Gasteiger partial charge is 0.330 e. The summed E-state index contributed by atoms with van der Waals surface area (Å²) in [4.78, 5) is 48.7. The molecule has 16 nitrogen and oxygen atoms in total. The fourth-order valence-electron chi connectivity index (χ4n) is 6.12. The van der Waals surface area contributed by atoms with Gasteiger partial charge in [-0.15, -0.1) is 0 Å². The van der Waals surface area contributed by atoms with Gasteiger partial charge in [0.15, 0.2) is 6.29 Å². The molecule has 10 unspecified atom stereocenters. The second kappa shape index (κ2) is 16.8. The first-order chi connectivity index (χ1) is 23.6. The van der Waals surface area contributed by atoms with Gasteiger partial charge in [0.25, 0.3) is 0 Å². The van der Waals surface area contributed by atoms with Crippen molar-refractivity contribution in [3.05, 3.63) is 47.7 Å². The molecule has 0 bridgehead atoms. The lowest BCUT2D eigenvalue weighted by Gasteiger charge is -2.42. The van der Waals surface area contributed by atoms with Crippen LogP contribution >= 0.6 is 0 Å². The Kier molecular flexibility index (Phi) is 13.0. The van der Waals surface area contributed by atoms with E-state index in [9.17, 15) is 44.7 Å². The molecule has 2 aliphatic heterocycles. The van der Waals surface area contributed by atoms with Crippen molar-refractivity contribution in [1.82, 2.24) is 0 Å². The molecular weight excluding hydrogens is 664 g/mol. The van der Waals surface area contributed by atoms with Crippen molar-refractivity contribution in [2.75, 3.05) is 19.8 Å². The van der Waals surface area contributed by atoms with Crippen LogP contribution in [0.2, 0.25) is 0 Å². The first-order valence-corrected chi connectivity index (χ1v) is 16.1. The summed E-state index contributed by atoms with van der Waals surface area (Å²) < 4.78 is 38.6. The Hall–Kier alpha value is -4.06. The van der Waals surface area contributed by atoms with Gasteiger partial charge in [0, 0.05) is 32.3 Å². The lowest BCUT2D eigenvalue weighted by molar-refractivity contribution is -0.300. The van der Waals surface area contributed by atoms with E-state index < -0.39 is 97.6 Å². The molecule has 1 aromatic rings. The van der Waals surface area contributed by atoms with E-state index in [1.54, 1.807) is 12.1 Å². The average molecular weight is 709 g/mol. The number of aliphatic hydroxyl groups is 4. The predicted octanol–water partition coefficient (Wildman–Crippen LogP) is 0.464. The van der Waals surface area contributed by atoms with Crippen LogP contribution in [0, 0.1) is 17.8 Å². The molecule has 1 saturated carbocycles. The first kappa shape index (κ1) is 38.7. The molecule has 10 atom stereocenters. The highest BCUT2D eigenvalue weighted by atomic mass is 16.7. The minimum atomic E-state index is -2.06. The molecular formula is C34H44O16. The van der Waals surface area contributed by atoms with Crippen molar-refractivity contribution in [2.24, 2.45) is 17.8 Å². The Labute approximate surface area is 288 Å². The van der Waals surface area contributed by atoms with E-state index in [0.717, 1.165) is 19.9 Å². The third-order valence-corrected chi connectivity index (χ3v) is 8.57. The highest BCUT2D eigenvalue weighted by Gasteiger charge is 2.63. The SMILES string of the molecule is CC(=O)OCC1(O)C(OC(C)=O)CC2C(COC3OC(COC(=O)C=Cc4ccc(O)cc4)C(O)C(O)C3O)=COC(OC(=O)CC(C)C)C21. The first-order valence-electron chi connectivity index (χ1n) is 16.1. The number of phenols is 1. The second-order valence-corrected chi connectivity index (χ2v) is 12.9. The Morgan fingerprint density at radius 1 is 0.960 bits per heavy atom. The van der Waals surface area contributed by atoms with Crippen molar-refractivity contribution in [3.63, 3.8) is 0 Å². The minimum absolute atomic E-state index is 0.0234. The third kappa shape index (κ3) is 9.58. The van der Waals surface area contributed by atoms with E-state index in [2.05, 4.69) is 0 Å². The largest absolute Gasteiger partial charge is 0.508 e. The van der Waals surface area contributed by atoms with Gasteiger partial charge in [-0.25, -0.2) is 4.79 Å². The number of ether oxygens (including phenoxy) is 7. The summed E-state index contributed by atoms with van der Waals surface area (Å²) in [7, 11) is 0. The van der Waals surface area contributed by atoms with Gasteiger partial charge in [0.05, 0.1) is 18.8 Å². The van der Waals surface area contributed by atoms with Gasteiger partial charge in [0.2, 0.25) is 6.29 Å². The zero-order valence-electron chi connectivity index (χ0n) is 28.1. The van der Waals surface area contributed by atoms with Gasteiger partial charge in [-0.05, 0) is 41.7 Å². The van der Waals surface area contributed by atoms with Crippen LogP contribution < -0.4 is 0 Å². The summed E-state index contributed by atoms with van der Waals surface area (Å²) in [6.07, 6.45) is -6.77. The maximum absolute atomic E-state index is 12.7. The van der Waals surface area contributed by atoms with Crippen LogP contribution in [0.1, 0.15) is 46.1 Å². The van der Waals surface area contributed by atoms with E-state index >= 15 is 0 Å². The fourth-order valence-corrected chi connectivity index (χ4v) is 6.12. The van der Waals surface area contributed by atoms with Crippen LogP contribution in [0.25, 0.3) is 6.08 Å². The molecule has 0 radical (unpaired) electrons. The number of hydrogen-bond acceptors (Lipinski definition) is 16. The number of carbonyl (C=O) groups excluding carboxylic acids is 4. The maximum atomic E-state index is 12.7. The summed E-state index contributed by atoms with van der Waals surface area (Å²) >= 11 is 0. The number of benzene rings is 1. The van der Waals surface area contributed by atoms with Gasteiger partial charge in [-0.2, -0.15) is 0 Å². The average Bonchev–Trinajstić information content (AvgIpc) is 3.33. The number of aliphatic hydroxyl groups excluding tert-OH is 3. The molecule has 0 amide bonds. The molecule has 276 valence electrons. The number of phenolic OH excluding ortho intramolecular Hbond substituents is 1. The zero-order chi connectivity index (χ0) is 36.7. The standard InChI is InChI=1S/C34H44O16/c1-17(2)11-27(39)50-32-28-23(12-25(48-19(4)36)34(28,43)16-47-18(3)35)21(13-45-32)14-46-33-31(42)30(41)29(40)24(49-33)15-44-26(38)10-7-20-5-8-22(37)9-6-20/h5-10,13,17,23-25,28-33,37,40-43H,11-12,14-16H2,1-4H3. The molecule has 4 rings (SSSR count). The van der Waals surface area contributed by atoms with Gasteiger partial charge >= 0.3 is 23.9 Å². The zero-order valence-corrected chi connectivity index (χ0v) is 28.1. The number of aromatic hydroxyl groups is 1. The van der Waals surface area contributed by atoms with Crippen LogP contribution in [0.5, 0.6) is 5.75 Å². The quantitative estimate of drug-likeness (QED) is 0.106. The minimum Gasteiger partial charge on any atom is -0.508 e. The summed E-state index contributed by atoms with van der Waals surface area (Å²) in [6.45, 7) is 4.42. The summed E-state index contributed by atoms with van der Waals surface area (Å²) in [5.41, 5.74) is -1.10. The van der Waals surface area contributed by atoms with E-state index in [-0.39, 0.29) is 31.1 Å². The molecule has 0 spiro atoms. The lowest BCUT2D eigenvalue weighted by Crippen LogP contribution is -2.59. The van der Waals surface area contributed by atoms with Gasteiger partial charge < -0.3 is 58.7 Å². The maximum Gasteiger partial charge on any atom is 0.330 e. The number of carbonyl (C=O) groups is 4. The highest BCUT2D eigenvalue weighted by Crippen LogP contribution is 2.51. The summed E-state index contributed by atoms with van der Waals surface area (Å²) in [6, 6.07) is 6.03. The fraction of sp³-hybridized carbons (Fsp3) is 0.588. The molecule has 5 N–H and O–H groups in total. The van der Waals surface area contributed by atoms with Crippen LogP contribution in [0.15, 0.2) is 42.2 Å². The predicted molar refractivity (Wildman–Crippen MR) is 168 cm³/mol. The van der Waals surface area contributed by atoms with E-state index in [1.165, 1.54) is 24.5 Å². The molecule has 3 aliphatic rings. The molecule has 1 aromatic carbocycles. The number of hydrogen-bond donors (Lipinski definition) is 5. The van der Waals surface area contributed by atoms with Crippen molar-refractivity contribution < 1.29 is 77.9 Å². The van der Waals surface area contributed by atoms with Crippen LogP contribution in [-0.2, 0) is 52.3 Å². The molecule has 2 fully saturated rings. The Morgan fingerprint density at radius 2 is 1.66 bits per heavy atom. The monoisotopic (exact) mass is 708 g/mol. The van der Waals surface area contributed by atoms with Crippen molar-refractivity contribution in [3.8, 4) is 5.75 Å². The Bertz CT molecular complexity index is 1420. The van der Waals surface area contributed by atoms with Crippen LogP contribution in [0.3, 0.4) is 0 Å². The molecule has 1 aliphatic carbocycles. The van der Waals surface area contributed by atoms with Gasteiger partial charge in [0.1, 0.15) is 55.1 Å². The van der Waals surface area contributed by atoms with Crippen LogP contribution in [-0.4, -0.2) is 118 Å². The van der Waals surface area contributed by atoms with E-state index in [4.69, 9.17) is 33.2 Å². The molecule has 2 heterocycles. The van der Waals surface area contributed by atoms with Crippen molar-refractivity contribution in [1.29, 1.82) is 0 Å². The second-order valence-electron chi connectivity index (χ2n) is 12.9. The van der Waals surface area contributed by atoms with Crippen LogP contribution in [0.4, 0.5) is 0 Å². The normalized spacial score (nSPS) is 32.1. The summed E-state index contributed by atoms with van der Waals surface area (Å²) in [5, 5.41) is 53.0. The molecule has 16 heteroatoms. The molecule has 50 heavy (non-hydrogen) atoms. The lowest BCUT2D eigenvalue weighted by atomic mass is 9.80. The molecule has 1 saturated heterocycles. The van der Waals surface area contributed by atoms with Gasteiger partial charge in [-0.1, -0.05) is 26.0 Å². The number of rotatable bonds is 13. The highest BCUT2D eigenvalue weighted by molar-refractivity contribution is 5.87. The van der Waals surface area contributed by atoms with E-state index in [0.29, 0.717) is 11.1 Å². The Balaban J connectivity index is 1.48. The number of fused-ring (bicyclic) bond motifs is 1. The van der Waals surface area contributed by atoms with Gasteiger partial charge in [-0.3, -0.25) is 14.4 Å². The topological polar surface area (TPSA) is 234 Å². The Morgan fingerprint density at radius 3 is 2.30 bits per heavy atom. The number of esters is 4. The van der Waals surface area contributed by atoms with E-state index in [1.807, 2.05) is 13.8 Å². The van der Waals surface area contributed by atoms with Crippen molar-refractivity contribution >= 4 is 30.0 Å². The summed E-state index contributed by atoms with van der Waals surface area (Å²) in [5.74, 6) is -4.70. The third-order valence-electron chi connectivity index (χ3n) is 8.57. The molecule has 0 aromatic heterocycles.